The van der Waals surface area contributed by atoms with Gasteiger partial charge in [-0.1, -0.05) is 0 Å². The Labute approximate surface area is 217 Å². The third-order valence-electron chi connectivity index (χ3n) is 5.70. The molecule has 0 spiro atoms. The molecule has 0 radical (unpaired) electrons. The second-order valence-corrected chi connectivity index (χ2v) is 8.26. The molecule has 0 unspecified atom stereocenters. The average Bonchev–Trinajstić information content (AvgIpc) is 3.29. The number of pyridine rings is 1. The molecule has 2 aromatic carbocycles. The van der Waals surface area contributed by atoms with Gasteiger partial charge in [0.15, 0.2) is 0 Å². The first-order valence-electron chi connectivity index (χ1n) is 11.7. The SMILES string of the molecule is CNc1nc(Nc2ccc(NC(=O)Nc3cccnc3)cc2)nc(Nc2ccc3c(c2)CNC3=O)c1C=N. The first-order chi connectivity index (χ1) is 18.5. The minimum atomic E-state index is -0.384. The first kappa shape index (κ1) is 24.2. The Morgan fingerprint density at radius 1 is 0.947 bits per heavy atom. The smallest absolute Gasteiger partial charge is 0.323 e. The maximum atomic E-state index is 12.2. The lowest BCUT2D eigenvalue weighted by molar-refractivity contribution is 0.0965. The maximum absolute atomic E-state index is 12.2. The van der Waals surface area contributed by atoms with Crippen molar-refractivity contribution in [2.75, 3.05) is 33.6 Å². The Kier molecular flexibility index (Phi) is 6.76. The van der Waals surface area contributed by atoms with Crippen LogP contribution in [0.2, 0.25) is 0 Å². The lowest BCUT2D eigenvalue weighted by atomic mass is 10.1. The monoisotopic (exact) mass is 508 g/mol. The molecule has 0 aliphatic carbocycles. The fourth-order valence-electron chi connectivity index (χ4n) is 3.89. The molecule has 0 fully saturated rings. The van der Waals surface area contributed by atoms with Crippen molar-refractivity contribution in [3.05, 3.63) is 83.7 Å². The van der Waals surface area contributed by atoms with Gasteiger partial charge in [-0.25, -0.2) is 4.79 Å². The Hall–Kier alpha value is -5.52. The summed E-state index contributed by atoms with van der Waals surface area (Å²) in [5.74, 6) is 1.09. The van der Waals surface area contributed by atoms with E-state index in [1.807, 2.05) is 6.07 Å². The highest BCUT2D eigenvalue weighted by atomic mass is 16.2. The van der Waals surface area contributed by atoms with Crippen LogP contribution in [0.3, 0.4) is 0 Å². The number of nitrogens with zero attached hydrogens (tertiary/aromatic N) is 3. The summed E-state index contributed by atoms with van der Waals surface area (Å²) in [4.78, 5) is 37.1. The zero-order valence-electron chi connectivity index (χ0n) is 20.3. The van der Waals surface area contributed by atoms with E-state index in [0.29, 0.717) is 52.3 Å². The summed E-state index contributed by atoms with van der Waals surface area (Å²) < 4.78 is 0. The van der Waals surface area contributed by atoms with Crippen LogP contribution in [0.15, 0.2) is 67.0 Å². The van der Waals surface area contributed by atoms with E-state index in [0.717, 1.165) is 11.3 Å². The van der Waals surface area contributed by atoms with Crippen LogP contribution in [0.5, 0.6) is 0 Å². The molecule has 0 saturated carbocycles. The largest absolute Gasteiger partial charge is 0.372 e. The van der Waals surface area contributed by atoms with Gasteiger partial charge in [0, 0.05) is 48.6 Å². The van der Waals surface area contributed by atoms with Crippen molar-refractivity contribution in [2.45, 2.75) is 6.54 Å². The number of carbonyl (C=O) groups excluding carboxylic acids is 2. The highest BCUT2D eigenvalue weighted by Gasteiger charge is 2.19. The van der Waals surface area contributed by atoms with Crippen LogP contribution in [0.1, 0.15) is 21.5 Å². The van der Waals surface area contributed by atoms with Crippen LogP contribution >= 0.6 is 0 Å². The van der Waals surface area contributed by atoms with Crippen LogP contribution in [0.25, 0.3) is 0 Å². The molecule has 2 aromatic heterocycles. The van der Waals surface area contributed by atoms with Crippen molar-refractivity contribution in [1.82, 2.24) is 20.3 Å². The van der Waals surface area contributed by atoms with Gasteiger partial charge >= 0.3 is 6.03 Å². The third kappa shape index (κ3) is 5.33. The molecular formula is C26H24N10O2. The first-order valence-corrected chi connectivity index (χ1v) is 11.7. The molecule has 3 heterocycles. The molecule has 1 aliphatic heterocycles. The van der Waals surface area contributed by atoms with Crippen molar-refractivity contribution in [3.8, 4) is 0 Å². The number of urea groups is 1. The molecule has 0 atom stereocenters. The van der Waals surface area contributed by atoms with Gasteiger partial charge in [-0.05, 0) is 60.2 Å². The van der Waals surface area contributed by atoms with E-state index in [1.54, 1.807) is 68.0 Å². The van der Waals surface area contributed by atoms with Gasteiger partial charge in [0.05, 0.1) is 17.4 Å². The number of aromatic nitrogens is 3. The summed E-state index contributed by atoms with van der Waals surface area (Å²) in [5, 5.41) is 25.6. The van der Waals surface area contributed by atoms with Crippen LogP contribution in [0, 0.1) is 5.41 Å². The number of carbonyl (C=O) groups is 2. The topological polar surface area (TPSA) is 169 Å². The third-order valence-corrected chi connectivity index (χ3v) is 5.70. The van der Waals surface area contributed by atoms with E-state index < -0.39 is 0 Å². The average molecular weight is 509 g/mol. The molecule has 190 valence electrons. The summed E-state index contributed by atoms with van der Waals surface area (Å²) in [6, 6.07) is 15.6. The predicted octanol–water partition coefficient (Wildman–Crippen LogP) is 4.29. The van der Waals surface area contributed by atoms with Crippen molar-refractivity contribution in [2.24, 2.45) is 0 Å². The molecule has 4 aromatic rings. The number of rotatable bonds is 8. The molecule has 1 aliphatic rings. The summed E-state index contributed by atoms with van der Waals surface area (Å²) in [5.41, 5.74) is 4.63. The van der Waals surface area contributed by atoms with Crippen molar-refractivity contribution in [1.29, 1.82) is 5.41 Å². The number of hydrogen-bond acceptors (Lipinski definition) is 9. The second kappa shape index (κ2) is 10.6. The molecule has 7 N–H and O–H groups in total. The van der Waals surface area contributed by atoms with Gasteiger partial charge in [-0.15, -0.1) is 0 Å². The standard InChI is InChI=1S/C26H24N10O2/c1-28-22-21(12-27)23(31-18-8-9-20-15(11-18)13-30-24(20)37)36-25(35-22)32-16-4-6-17(7-5-16)33-26(38)34-19-3-2-10-29-14-19/h2-12,14,27H,13H2,1H3,(H,30,37)(H2,33,34,38)(H3,28,31,32,35,36). The molecule has 38 heavy (non-hydrogen) atoms. The lowest BCUT2D eigenvalue weighted by Gasteiger charge is -2.15. The van der Waals surface area contributed by atoms with Crippen LogP contribution < -0.4 is 31.9 Å². The van der Waals surface area contributed by atoms with Crippen LogP contribution in [-0.2, 0) is 6.54 Å². The number of fused-ring (bicyclic) bond motifs is 1. The van der Waals surface area contributed by atoms with Gasteiger partial charge in [-0.3, -0.25) is 9.78 Å². The Morgan fingerprint density at radius 3 is 2.42 bits per heavy atom. The summed E-state index contributed by atoms with van der Waals surface area (Å²) in [7, 11) is 1.71. The Balaban J connectivity index is 1.31. The number of hydrogen-bond donors (Lipinski definition) is 7. The minimum absolute atomic E-state index is 0.0898. The van der Waals surface area contributed by atoms with E-state index in [4.69, 9.17) is 5.41 Å². The molecular weight excluding hydrogens is 484 g/mol. The number of amides is 3. The molecule has 0 saturated heterocycles. The highest BCUT2D eigenvalue weighted by molar-refractivity contribution is 6.00. The Bertz CT molecular complexity index is 1510. The van der Waals surface area contributed by atoms with E-state index in [2.05, 4.69) is 46.9 Å². The van der Waals surface area contributed by atoms with Crippen molar-refractivity contribution >= 4 is 58.5 Å². The molecule has 3 amide bonds. The molecule has 12 heteroatoms. The van der Waals surface area contributed by atoms with E-state index in [-0.39, 0.29) is 11.9 Å². The highest BCUT2D eigenvalue weighted by Crippen LogP contribution is 2.28. The fraction of sp³-hybridized carbons (Fsp3) is 0.0769. The lowest BCUT2D eigenvalue weighted by Crippen LogP contribution is -2.19. The van der Waals surface area contributed by atoms with Gasteiger partial charge in [-0.2, -0.15) is 9.97 Å². The number of anilines is 7. The molecule has 0 bridgehead atoms. The second-order valence-electron chi connectivity index (χ2n) is 8.26. The van der Waals surface area contributed by atoms with E-state index in [1.165, 1.54) is 6.21 Å². The van der Waals surface area contributed by atoms with Crippen LogP contribution in [0.4, 0.5) is 45.1 Å². The maximum Gasteiger partial charge on any atom is 0.323 e. The Morgan fingerprint density at radius 2 is 1.68 bits per heavy atom. The molecule has 12 nitrogen and oxygen atoms in total. The predicted molar refractivity (Wildman–Crippen MR) is 147 cm³/mol. The van der Waals surface area contributed by atoms with Crippen LogP contribution in [-0.4, -0.2) is 40.2 Å². The van der Waals surface area contributed by atoms with Crippen molar-refractivity contribution in [3.63, 3.8) is 0 Å². The summed E-state index contributed by atoms with van der Waals surface area (Å²) in [6.45, 7) is 0.468. The zero-order valence-corrected chi connectivity index (χ0v) is 20.3. The fourth-order valence-corrected chi connectivity index (χ4v) is 3.89. The van der Waals surface area contributed by atoms with Gasteiger partial charge in [0.2, 0.25) is 5.95 Å². The molecule has 5 rings (SSSR count). The number of benzene rings is 2. The summed E-state index contributed by atoms with van der Waals surface area (Å²) in [6.07, 6.45) is 4.36. The van der Waals surface area contributed by atoms with Gasteiger partial charge in [0.1, 0.15) is 11.6 Å². The quantitative estimate of drug-likeness (QED) is 0.173. The zero-order chi connectivity index (χ0) is 26.5. The minimum Gasteiger partial charge on any atom is -0.372 e. The van der Waals surface area contributed by atoms with E-state index >= 15 is 0 Å². The normalized spacial score (nSPS) is 11.7. The number of nitrogens with one attached hydrogen (secondary N) is 7. The van der Waals surface area contributed by atoms with Gasteiger partial charge < -0.3 is 37.3 Å². The van der Waals surface area contributed by atoms with Gasteiger partial charge in [0.25, 0.3) is 5.91 Å². The van der Waals surface area contributed by atoms with Crippen molar-refractivity contribution < 1.29 is 9.59 Å². The van der Waals surface area contributed by atoms with E-state index in [9.17, 15) is 9.59 Å². The summed E-state index contributed by atoms with van der Waals surface area (Å²) >= 11 is 0.